The Morgan fingerprint density at radius 2 is 1.59 bits per heavy atom. The summed E-state index contributed by atoms with van der Waals surface area (Å²) < 4.78 is 1.50. The lowest BCUT2D eigenvalue weighted by atomic mass is 10.2. The number of para-hydroxylation sites is 1. The van der Waals surface area contributed by atoms with Crippen molar-refractivity contribution in [1.82, 2.24) is 25.5 Å². The van der Waals surface area contributed by atoms with Crippen LogP contribution in [0.3, 0.4) is 0 Å². The van der Waals surface area contributed by atoms with Crippen molar-refractivity contribution in [2.24, 2.45) is 7.05 Å². The van der Waals surface area contributed by atoms with Crippen LogP contribution in [-0.2, 0) is 7.05 Å². The third kappa shape index (κ3) is 4.66. The molecule has 138 valence electrons. The summed E-state index contributed by atoms with van der Waals surface area (Å²) in [6.45, 7) is 1.80. The number of urea groups is 1. The van der Waals surface area contributed by atoms with E-state index in [0.29, 0.717) is 22.8 Å². The summed E-state index contributed by atoms with van der Waals surface area (Å²) in [6.07, 6.45) is 0. The molecule has 3 aromatic rings. The molecule has 0 aliphatic carbocycles. The number of tetrazole rings is 1. The Labute approximate surface area is 155 Å². The Bertz CT molecular complexity index is 922. The van der Waals surface area contributed by atoms with Gasteiger partial charge in [0.15, 0.2) is 5.82 Å². The van der Waals surface area contributed by atoms with E-state index in [2.05, 4.69) is 31.5 Å². The van der Waals surface area contributed by atoms with Gasteiger partial charge >= 0.3 is 6.03 Å². The molecule has 0 aliphatic heterocycles. The number of hydrogen-bond acceptors (Lipinski definition) is 5. The second kappa shape index (κ2) is 8.09. The Balaban J connectivity index is 1.57. The normalized spacial score (nSPS) is 11.5. The Kier molecular flexibility index (Phi) is 5.41. The van der Waals surface area contributed by atoms with E-state index < -0.39 is 0 Å². The number of carbonyl (C=O) groups excluding carboxylic acids is 2. The molecule has 2 aromatic carbocycles. The number of aromatic nitrogens is 4. The predicted octanol–water partition coefficient (Wildman–Crippen LogP) is 2.35. The number of aryl methyl sites for hydroxylation is 1. The topological polar surface area (TPSA) is 114 Å². The Morgan fingerprint density at radius 3 is 2.19 bits per heavy atom. The van der Waals surface area contributed by atoms with Crippen LogP contribution in [0.15, 0.2) is 54.6 Å². The number of rotatable bonds is 5. The largest absolute Gasteiger partial charge is 0.342 e. The van der Waals surface area contributed by atoms with Crippen LogP contribution in [0, 0.1) is 0 Å². The number of nitrogens with one attached hydrogen (secondary N) is 3. The van der Waals surface area contributed by atoms with E-state index in [1.54, 1.807) is 50.4 Å². The molecule has 0 saturated carbocycles. The number of amides is 3. The van der Waals surface area contributed by atoms with Gasteiger partial charge in [-0.3, -0.25) is 4.79 Å². The minimum atomic E-state index is -0.359. The van der Waals surface area contributed by atoms with E-state index in [-0.39, 0.29) is 18.0 Å². The molecule has 3 N–H and O–H groups in total. The molecule has 0 spiro atoms. The van der Waals surface area contributed by atoms with Crippen molar-refractivity contribution in [3.63, 3.8) is 0 Å². The molecular weight excluding hydrogens is 346 g/mol. The van der Waals surface area contributed by atoms with Crippen LogP contribution in [-0.4, -0.2) is 32.1 Å². The van der Waals surface area contributed by atoms with Crippen LogP contribution >= 0.6 is 0 Å². The van der Waals surface area contributed by atoms with Crippen molar-refractivity contribution in [2.45, 2.75) is 13.0 Å². The van der Waals surface area contributed by atoms with Crippen molar-refractivity contribution >= 4 is 23.3 Å². The van der Waals surface area contributed by atoms with Crippen LogP contribution in [0.1, 0.15) is 29.1 Å². The molecule has 3 amide bonds. The van der Waals surface area contributed by atoms with E-state index in [1.807, 2.05) is 18.2 Å². The summed E-state index contributed by atoms with van der Waals surface area (Å²) in [5.74, 6) is 0.296. The van der Waals surface area contributed by atoms with Gasteiger partial charge in [0.2, 0.25) is 0 Å². The van der Waals surface area contributed by atoms with Crippen molar-refractivity contribution in [3.05, 3.63) is 66.0 Å². The summed E-state index contributed by atoms with van der Waals surface area (Å²) in [5.41, 5.74) is 1.73. The number of nitrogens with zero attached hydrogens (tertiary/aromatic N) is 4. The van der Waals surface area contributed by atoms with Gasteiger partial charge in [0.25, 0.3) is 5.91 Å². The molecule has 1 aromatic heterocycles. The highest BCUT2D eigenvalue weighted by atomic mass is 16.2. The molecule has 0 bridgehead atoms. The van der Waals surface area contributed by atoms with E-state index in [1.165, 1.54) is 4.68 Å². The fourth-order valence-corrected chi connectivity index (χ4v) is 2.47. The highest BCUT2D eigenvalue weighted by Gasteiger charge is 2.16. The molecule has 0 radical (unpaired) electrons. The molecular formula is C18H19N7O2. The highest BCUT2D eigenvalue weighted by Crippen LogP contribution is 2.13. The molecule has 0 fully saturated rings. The van der Waals surface area contributed by atoms with Gasteiger partial charge < -0.3 is 16.0 Å². The second-order valence-corrected chi connectivity index (χ2v) is 5.88. The number of anilines is 2. The van der Waals surface area contributed by atoms with Gasteiger partial charge in [-0.2, -0.15) is 0 Å². The van der Waals surface area contributed by atoms with E-state index in [9.17, 15) is 9.59 Å². The number of carbonyl (C=O) groups is 2. The third-order valence-electron chi connectivity index (χ3n) is 3.82. The van der Waals surface area contributed by atoms with Crippen LogP contribution in [0.25, 0.3) is 0 Å². The molecule has 1 atom stereocenters. The molecule has 9 nitrogen and oxygen atoms in total. The second-order valence-electron chi connectivity index (χ2n) is 5.88. The summed E-state index contributed by atoms with van der Waals surface area (Å²) in [4.78, 5) is 24.3. The van der Waals surface area contributed by atoms with Gasteiger partial charge in [0.05, 0.1) is 6.04 Å². The Morgan fingerprint density at radius 1 is 0.963 bits per heavy atom. The first-order chi connectivity index (χ1) is 13.0. The summed E-state index contributed by atoms with van der Waals surface area (Å²) >= 11 is 0. The lowest BCUT2D eigenvalue weighted by Crippen LogP contribution is -2.28. The zero-order valence-corrected chi connectivity index (χ0v) is 14.9. The van der Waals surface area contributed by atoms with Gasteiger partial charge in [-0.15, -0.1) is 5.10 Å². The number of hydrogen-bond donors (Lipinski definition) is 3. The van der Waals surface area contributed by atoms with Gasteiger partial charge in [-0.25, -0.2) is 9.48 Å². The van der Waals surface area contributed by atoms with Crippen LogP contribution in [0.4, 0.5) is 16.2 Å². The maximum absolute atomic E-state index is 12.3. The quantitative estimate of drug-likeness (QED) is 0.642. The smallest absolute Gasteiger partial charge is 0.323 e. The van der Waals surface area contributed by atoms with Crippen molar-refractivity contribution in [2.75, 3.05) is 10.6 Å². The fraction of sp³-hybridized carbons (Fsp3) is 0.167. The first kappa shape index (κ1) is 18.1. The van der Waals surface area contributed by atoms with E-state index in [4.69, 9.17) is 0 Å². The zero-order chi connectivity index (χ0) is 19.2. The summed E-state index contributed by atoms with van der Waals surface area (Å²) in [5, 5.41) is 19.4. The van der Waals surface area contributed by atoms with Crippen molar-refractivity contribution < 1.29 is 9.59 Å². The van der Waals surface area contributed by atoms with Gasteiger partial charge in [-0.05, 0) is 53.7 Å². The average molecular weight is 365 g/mol. The molecule has 1 heterocycles. The molecule has 9 heteroatoms. The summed E-state index contributed by atoms with van der Waals surface area (Å²) in [7, 11) is 1.71. The first-order valence-corrected chi connectivity index (χ1v) is 8.29. The van der Waals surface area contributed by atoms with Gasteiger partial charge in [0.1, 0.15) is 0 Å². The lowest BCUT2D eigenvalue weighted by molar-refractivity contribution is 0.0937. The van der Waals surface area contributed by atoms with Crippen LogP contribution in [0.5, 0.6) is 0 Å². The van der Waals surface area contributed by atoms with Crippen molar-refractivity contribution in [3.8, 4) is 0 Å². The monoisotopic (exact) mass is 365 g/mol. The Hall–Kier alpha value is -3.75. The van der Waals surface area contributed by atoms with Crippen molar-refractivity contribution in [1.29, 1.82) is 0 Å². The van der Waals surface area contributed by atoms with Gasteiger partial charge in [-0.1, -0.05) is 18.2 Å². The predicted molar refractivity (Wildman–Crippen MR) is 100 cm³/mol. The fourth-order valence-electron chi connectivity index (χ4n) is 2.47. The molecule has 0 aliphatic rings. The number of benzene rings is 2. The van der Waals surface area contributed by atoms with E-state index in [0.717, 1.165) is 0 Å². The standard InChI is InChI=1S/C18H19N7O2/c1-12(16-22-23-24-25(16)2)19-17(26)13-8-10-15(11-9-13)21-18(27)20-14-6-4-3-5-7-14/h3-12H,1-2H3,(H,19,26)(H2,20,21,27)/t12-/m1/s1. The molecule has 27 heavy (non-hydrogen) atoms. The maximum atomic E-state index is 12.3. The molecule has 0 saturated heterocycles. The summed E-state index contributed by atoms with van der Waals surface area (Å²) in [6, 6.07) is 15.0. The SMILES string of the molecule is C[C@@H](NC(=O)c1ccc(NC(=O)Nc2ccccc2)cc1)c1nnnn1C. The van der Waals surface area contributed by atoms with Crippen LogP contribution in [0.2, 0.25) is 0 Å². The average Bonchev–Trinajstić information content (AvgIpc) is 3.09. The maximum Gasteiger partial charge on any atom is 0.323 e. The van der Waals surface area contributed by atoms with Gasteiger partial charge in [0, 0.05) is 24.0 Å². The molecule has 3 rings (SSSR count). The van der Waals surface area contributed by atoms with Crippen LogP contribution < -0.4 is 16.0 Å². The minimum absolute atomic E-state index is 0.259. The van der Waals surface area contributed by atoms with E-state index >= 15 is 0 Å². The first-order valence-electron chi connectivity index (χ1n) is 8.29. The highest BCUT2D eigenvalue weighted by molar-refractivity contribution is 6.00. The minimum Gasteiger partial charge on any atom is -0.342 e. The third-order valence-corrected chi connectivity index (χ3v) is 3.82. The lowest BCUT2D eigenvalue weighted by Gasteiger charge is -2.12. The zero-order valence-electron chi connectivity index (χ0n) is 14.9. The molecule has 0 unspecified atom stereocenters.